The van der Waals surface area contributed by atoms with Crippen LogP contribution < -0.4 is 0 Å². The molecule has 0 saturated heterocycles. The van der Waals surface area contributed by atoms with Crippen molar-refractivity contribution in [1.82, 2.24) is 0 Å². The van der Waals surface area contributed by atoms with Gasteiger partial charge in [0.05, 0.1) is 11.5 Å². The van der Waals surface area contributed by atoms with E-state index in [1.807, 2.05) is 11.4 Å². The molecule has 4 heteroatoms. The molecule has 0 aliphatic carbocycles. The third kappa shape index (κ3) is 0.876. The number of hydrogen-bond acceptors (Lipinski definition) is 3. The van der Waals surface area contributed by atoms with Crippen molar-refractivity contribution in [2.45, 2.75) is 11.5 Å². The molecule has 0 N–H and O–H groups in total. The van der Waals surface area contributed by atoms with Crippen LogP contribution in [0.5, 0.6) is 0 Å². The van der Waals surface area contributed by atoms with Gasteiger partial charge < -0.3 is 0 Å². The van der Waals surface area contributed by atoms with Gasteiger partial charge in [-0.15, -0.1) is 11.3 Å². The molecule has 1 aliphatic rings. The average molecular weight is 174 g/mol. The van der Waals surface area contributed by atoms with E-state index in [0.29, 0.717) is 0 Å². The summed E-state index contributed by atoms with van der Waals surface area (Å²) >= 11 is 1.54. The predicted octanol–water partition coefficient (Wildman–Crippen LogP) is 1.18. The molecule has 0 amide bonds. The second kappa shape index (κ2) is 1.83. The zero-order valence-corrected chi connectivity index (χ0v) is 6.83. The van der Waals surface area contributed by atoms with Crippen molar-refractivity contribution in [1.29, 1.82) is 0 Å². The second-order valence-electron chi connectivity index (χ2n) is 2.40. The number of rotatable bonds is 0. The summed E-state index contributed by atoms with van der Waals surface area (Å²) in [4.78, 5) is 1.03. The van der Waals surface area contributed by atoms with E-state index in [1.165, 1.54) is 11.3 Å². The number of sulfone groups is 1. The van der Waals surface area contributed by atoms with Gasteiger partial charge in [0.25, 0.3) is 0 Å². The number of hydrogen-bond donors (Lipinski definition) is 0. The summed E-state index contributed by atoms with van der Waals surface area (Å²) in [6, 6.07) is 1.89. The minimum absolute atomic E-state index is 0.256. The lowest BCUT2D eigenvalue weighted by Crippen LogP contribution is -1.95. The average Bonchev–Trinajstić information content (AvgIpc) is 2.20. The van der Waals surface area contributed by atoms with Crippen LogP contribution >= 0.6 is 11.3 Å². The maximum atomic E-state index is 11.0. The van der Waals surface area contributed by atoms with Crippen molar-refractivity contribution in [3.8, 4) is 0 Å². The highest BCUT2D eigenvalue weighted by atomic mass is 32.2. The Bertz CT molecular complexity index is 321. The monoisotopic (exact) mass is 174 g/mol. The Morgan fingerprint density at radius 1 is 1.40 bits per heavy atom. The molecule has 1 aromatic heterocycles. The summed E-state index contributed by atoms with van der Waals surface area (Å²) in [5.74, 6) is 0.520. The van der Waals surface area contributed by atoms with Gasteiger partial charge in [-0.3, -0.25) is 0 Å². The van der Waals surface area contributed by atoms with Gasteiger partial charge in [0.1, 0.15) is 0 Å². The molecule has 0 unspecified atom stereocenters. The fourth-order valence-corrected chi connectivity index (χ4v) is 4.13. The van der Waals surface area contributed by atoms with Crippen LogP contribution in [0, 0.1) is 0 Å². The van der Waals surface area contributed by atoms with E-state index >= 15 is 0 Å². The van der Waals surface area contributed by atoms with Crippen molar-refractivity contribution < 1.29 is 8.42 Å². The van der Waals surface area contributed by atoms with Crippen LogP contribution in [-0.4, -0.2) is 8.42 Å². The first kappa shape index (κ1) is 6.37. The topological polar surface area (TPSA) is 34.1 Å². The maximum Gasteiger partial charge on any atom is 0.159 e. The molecule has 0 saturated carbocycles. The SMILES string of the molecule is O=S1(=O)Cc2ccsc2C1. The van der Waals surface area contributed by atoms with E-state index in [4.69, 9.17) is 0 Å². The third-order valence-corrected chi connectivity index (χ3v) is 4.19. The van der Waals surface area contributed by atoms with E-state index in [1.54, 1.807) is 0 Å². The van der Waals surface area contributed by atoms with E-state index in [9.17, 15) is 8.42 Å². The van der Waals surface area contributed by atoms with Crippen molar-refractivity contribution in [3.63, 3.8) is 0 Å². The van der Waals surface area contributed by atoms with Gasteiger partial charge in [0.2, 0.25) is 0 Å². The molecule has 2 nitrogen and oxygen atoms in total. The molecule has 0 spiro atoms. The Morgan fingerprint density at radius 2 is 2.20 bits per heavy atom. The molecule has 10 heavy (non-hydrogen) atoms. The normalized spacial score (nSPS) is 20.8. The molecule has 0 radical (unpaired) electrons. The van der Waals surface area contributed by atoms with Gasteiger partial charge in [-0.05, 0) is 17.0 Å². The molecule has 2 rings (SSSR count). The van der Waals surface area contributed by atoms with E-state index < -0.39 is 9.84 Å². The van der Waals surface area contributed by atoms with E-state index in [-0.39, 0.29) is 11.5 Å². The Kier molecular flexibility index (Phi) is 1.16. The van der Waals surface area contributed by atoms with Crippen LogP contribution in [0.25, 0.3) is 0 Å². The van der Waals surface area contributed by atoms with Gasteiger partial charge in [-0.2, -0.15) is 0 Å². The summed E-state index contributed by atoms with van der Waals surface area (Å²) in [5, 5.41) is 1.94. The molecular weight excluding hydrogens is 168 g/mol. The highest BCUT2D eigenvalue weighted by Gasteiger charge is 2.24. The standard InChI is InChI=1S/C6H6O2S2/c7-10(8)3-5-1-2-9-6(5)4-10/h1-2H,3-4H2. The molecule has 0 aromatic carbocycles. The first-order valence-corrected chi connectivity index (χ1v) is 5.63. The highest BCUT2D eigenvalue weighted by molar-refractivity contribution is 7.90. The number of fused-ring (bicyclic) bond motifs is 1. The molecule has 54 valence electrons. The van der Waals surface area contributed by atoms with Gasteiger partial charge in [0.15, 0.2) is 9.84 Å². The molecule has 2 heterocycles. The first-order valence-electron chi connectivity index (χ1n) is 2.93. The quantitative estimate of drug-likeness (QED) is 0.591. The molecule has 0 atom stereocenters. The van der Waals surface area contributed by atoms with Gasteiger partial charge in [-0.1, -0.05) is 0 Å². The second-order valence-corrected chi connectivity index (χ2v) is 5.47. The van der Waals surface area contributed by atoms with E-state index in [0.717, 1.165) is 10.4 Å². The summed E-state index contributed by atoms with van der Waals surface area (Å²) in [7, 11) is -2.75. The summed E-state index contributed by atoms with van der Waals surface area (Å²) < 4.78 is 21.9. The summed E-state index contributed by atoms with van der Waals surface area (Å²) in [6.45, 7) is 0. The molecule has 1 aliphatic heterocycles. The number of thiophene rings is 1. The first-order chi connectivity index (χ1) is 4.67. The maximum absolute atomic E-state index is 11.0. The van der Waals surface area contributed by atoms with Crippen LogP contribution in [-0.2, 0) is 21.3 Å². The van der Waals surface area contributed by atoms with Crippen molar-refractivity contribution >= 4 is 21.2 Å². The van der Waals surface area contributed by atoms with Gasteiger partial charge in [-0.25, -0.2) is 8.42 Å². The van der Waals surface area contributed by atoms with Crippen molar-refractivity contribution in [2.24, 2.45) is 0 Å². The molecule has 0 fully saturated rings. The molecule has 1 aromatic rings. The molecule has 0 bridgehead atoms. The Hall–Kier alpha value is -0.350. The van der Waals surface area contributed by atoms with Crippen LogP contribution in [0.4, 0.5) is 0 Å². The van der Waals surface area contributed by atoms with Crippen LogP contribution in [0.1, 0.15) is 10.4 Å². The fraction of sp³-hybridized carbons (Fsp3) is 0.333. The lowest BCUT2D eigenvalue weighted by Gasteiger charge is -1.85. The zero-order chi connectivity index (χ0) is 7.19. The van der Waals surface area contributed by atoms with Crippen LogP contribution in [0.15, 0.2) is 11.4 Å². The van der Waals surface area contributed by atoms with Crippen molar-refractivity contribution in [2.75, 3.05) is 0 Å². The smallest absolute Gasteiger partial charge is 0.159 e. The Labute approximate surface area is 63.4 Å². The minimum Gasteiger partial charge on any atom is -0.228 e. The fourth-order valence-electron chi connectivity index (χ4n) is 1.11. The largest absolute Gasteiger partial charge is 0.228 e. The minimum atomic E-state index is -2.75. The lowest BCUT2D eigenvalue weighted by molar-refractivity contribution is 0.598. The lowest BCUT2D eigenvalue weighted by atomic mass is 10.3. The predicted molar refractivity (Wildman–Crippen MR) is 40.6 cm³/mol. The summed E-state index contributed by atoms with van der Waals surface area (Å²) in [5.41, 5.74) is 1.00. The van der Waals surface area contributed by atoms with E-state index in [2.05, 4.69) is 0 Å². The Morgan fingerprint density at radius 3 is 2.90 bits per heavy atom. The van der Waals surface area contributed by atoms with Crippen LogP contribution in [0.2, 0.25) is 0 Å². The van der Waals surface area contributed by atoms with Crippen LogP contribution in [0.3, 0.4) is 0 Å². The molecular formula is C6H6O2S2. The third-order valence-electron chi connectivity index (χ3n) is 1.56. The zero-order valence-electron chi connectivity index (χ0n) is 5.20. The Balaban J connectivity index is 2.56. The summed E-state index contributed by atoms with van der Waals surface area (Å²) in [6.07, 6.45) is 0. The van der Waals surface area contributed by atoms with Gasteiger partial charge in [0, 0.05) is 4.88 Å². The van der Waals surface area contributed by atoms with Gasteiger partial charge >= 0.3 is 0 Å². The van der Waals surface area contributed by atoms with Crippen molar-refractivity contribution in [3.05, 3.63) is 21.9 Å². The highest BCUT2D eigenvalue weighted by Crippen LogP contribution is 2.28.